The number of nitrogens with zero attached hydrogens (tertiary/aromatic N) is 1. The van der Waals surface area contributed by atoms with Crippen LogP contribution in [0, 0.1) is 13.8 Å². The quantitative estimate of drug-likeness (QED) is 0.804. The largest absolute Gasteiger partial charge is 0.419 e. The topological polar surface area (TPSA) is 64.2 Å². The minimum Gasteiger partial charge on any atom is -0.408 e. The van der Waals surface area contributed by atoms with E-state index in [9.17, 15) is 9.59 Å². The molecular weight excluding hydrogens is 292 g/mol. The van der Waals surface area contributed by atoms with E-state index in [-0.39, 0.29) is 18.9 Å². The molecule has 0 bridgehead atoms. The third kappa shape index (κ3) is 3.18. The van der Waals surface area contributed by atoms with Crippen LogP contribution in [-0.2, 0) is 11.3 Å². The molecular formula is C18H18N2O3. The van der Waals surface area contributed by atoms with Crippen LogP contribution < -0.4 is 11.1 Å². The number of aromatic nitrogens is 1. The standard InChI is InChI=1S/C18H18N2O3/c1-12-7-8-13(2)14(11-12)19-17(21)9-10-20-15-5-3-4-6-16(15)23-18(20)22/h3-8,11H,9-10H2,1-2H3,(H,19,21). The minimum atomic E-state index is -0.439. The number of anilines is 1. The van der Waals surface area contributed by atoms with Gasteiger partial charge in [-0.25, -0.2) is 4.79 Å². The van der Waals surface area contributed by atoms with Gasteiger partial charge >= 0.3 is 5.76 Å². The van der Waals surface area contributed by atoms with Crippen LogP contribution in [0.15, 0.2) is 51.7 Å². The van der Waals surface area contributed by atoms with Gasteiger partial charge in [-0.15, -0.1) is 0 Å². The molecule has 1 aromatic heterocycles. The van der Waals surface area contributed by atoms with E-state index in [2.05, 4.69) is 5.32 Å². The molecule has 0 saturated heterocycles. The number of carbonyl (C=O) groups excluding carboxylic acids is 1. The van der Waals surface area contributed by atoms with E-state index in [1.807, 2.05) is 50.2 Å². The van der Waals surface area contributed by atoms with Gasteiger partial charge in [0.05, 0.1) is 5.52 Å². The highest BCUT2D eigenvalue weighted by atomic mass is 16.4. The molecule has 0 radical (unpaired) electrons. The smallest absolute Gasteiger partial charge is 0.408 e. The number of hydrogen-bond donors (Lipinski definition) is 1. The number of carbonyl (C=O) groups is 1. The predicted molar refractivity (Wildman–Crippen MR) is 89.6 cm³/mol. The fourth-order valence-electron chi connectivity index (χ4n) is 2.52. The van der Waals surface area contributed by atoms with Crippen LogP contribution in [-0.4, -0.2) is 10.5 Å². The molecule has 1 amide bonds. The Hall–Kier alpha value is -2.82. The number of rotatable bonds is 4. The Balaban J connectivity index is 1.72. The zero-order chi connectivity index (χ0) is 16.4. The van der Waals surface area contributed by atoms with Gasteiger partial charge in [0.25, 0.3) is 0 Å². The van der Waals surface area contributed by atoms with Crippen molar-refractivity contribution in [1.29, 1.82) is 0 Å². The monoisotopic (exact) mass is 310 g/mol. The Morgan fingerprint density at radius 2 is 1.96 bits per heavy atom. The number of amides is 1. The van der Waals surface area contributed by atoms with Crippen molar-refractivity contribution in [3.05, 3.63) is 64.1 Å². The molecule has 1 N–H and O–H groups in total. The normalized spacial score (nSPS) is 10.9. The molecule has 5 heteroatoms. The average Bonchev–Trinajstić information content (AvgIpc) is 2.84. The van der Waals surface area contributed by atoms with E-state index in [4.69, 9.17) is 4.42 Å². The first kappa shape index (κ1) is 15.1. The molecule has 0 fully saturated rings. The van der Waals surface area contributed by atoms with Gasteiger partial charge in [-0.2, -0.15) is 0 Å². The summed E-state index contributed by atoms with van der Waals surface area (Å²) in [5.74, 6) is -0.568. The molecule has 0 saturated carbocycles. The molecule has 3 aromatic rings. The predicted octanol–water partition coefficient (Wildman–Crippen LogP) is 3.24. The van der Waals surface area contributed by atoms with Gasteiger partial charge in [0.1, 0.15) is 0 Å². The lowest BCUT2D eigenvalue weighted by Gasteiger charge is -2.09. The maximum absolute atomic E-state index is 12.2. The molecule has 5 nitrogen and oxygen atoms in total. The maximum atomic E-state index is 12.2. The van der Waals surface area contributed by atoms with Crippen molar-refractivity contribution in [1.82, 2.24) is 4.57 Å². The van der Waals surface area contributed by atoms with Gasteiger partial charge in [0, 0.05) is 18.7 Å². The molecule has 0 aliphatic heterocycles. The van der Waals surface area contributed by atoms with Crippen LogP contribution in [0.3, 0.4) is 0 Å². The van der Waals surface area contributed by atoms with Crippen molar-refractivity contribution in [3.8, 4) is 0 Å². The average molecular weight is 310 g/mol. The first-order valence-electron chi connectivity index (χ1n) is 7.50. The summed E-state index contributed by atoms with van der Waals surface area (Å²) in [7, 11) is 0. The van der Waals surface area contributed by atoms with E-state index >= 15 is 0 Å². The van der Waals surface area contributed by atoms with Crippen molar-refractivity contribution in [2.45, 2.75) is 26.8 Å². The SMILES string of the molecule is Cc1ccc(C)c(NC(=O)CCn2c(=O)oc3ccccc32)c1. The Kier molecular flexibility index (Phi) is 4.02. The first-order valence-corrected chi connectivity index (χ1v) is 7.50. The molecule has 0 atom stereocenters. The Morgan fingerprint density at radius 3 is 2.78 bits per heavy atom. The Morgan fingerprint density at radius 1 is 1.17 bits per heavy atom. The van der Waals surface area contributed by atoms with Gasteiger partial charge in [0.15, 0.2) is 5.58 Å². The summed E-state index contributed by atoms with van der Waals surface area (Å²) < 4.78 is 6.64. The molecule has 0 unspecified atom stereocenters. The third-order valence-corrected chi connectivity index (χ3v) is 3.80. The molecule has 0 aliphatic rings. The minimum absolute atomic E-state index is 0.129. The zero-order valence-electron chi connectivity index (χ0n) is 13.1. The van der Waals surface area contributed by atoms with E-state index in [1.54, 1.807) is 6.07 Å². The fraction of sp³-hybridized carbons (Fsp3) is 0.222. The van der Waals surface area contributed by atoms with Crippen LogP contribution in [0.4, 0.5) is 5.69 Å². The Bertz CT molecular complexity index is 921. The maximum Gasteiger partial charge on any atom is 0.419 e. The molecule has 118 valence electrons. The number of fused-ring (bicyclic) bond motifs is 1. The van der Waals surface area contributed by atoms with Gasteiger partial charge in [0.2, 0.25) is 5.91 Å². The number of aryl methyl sites for hydroxylation is 3. The fourth-order valence-corrected chi connectivity index (χ4v) is 2.52. The summed E-state index contributed by atoms with van der Waals surface area (Å²) in [4.78, 5) is 24.0. The summed E-state index contributed by atoms with van der Waals surface area (Å²) >= 11 is 0. The van der Waals surface area contributed by atoms with E-state index in [0.29, 0.717) is 11.1 Å². The molecule has 2 aromatic carbocycles. The molecule has 23 heavy (non-hydrogen) atoms. The van der Waals surface area contributed by atoms with Crippen molar-refractivity contribution in [2.24, 2.45) is 0 Å². The van der Waals surface area contributed by atoms with Crippen molar-refractivity contribution >= 4 is 22.7 Å². The summed E-state index contributed by atoms with van der Waals surface area (Å²) in [6, 6.07) is 13.1. The second-order valence-corrected chi connectivity index (χ2v) is 5.60. The Labute approximate surface area is 133 Å². The lowest BCUT2D eigenvalue weighted by atomic mass is 10.1. The molecule has 1 heterocycles. The second-order valence-electron chi connectivity index (χ2n) is 5.60. The highest BCUT2D eigenvalue weighted by molar-refractivity contribution is 5.91. The highest BCUT2D eigenvalue weighted by Gasteiger charge is 2.11. The second kappa shape index (κ2) is 6.12. The molecule has 0 spiro atoms. The van der Waals surface area contributed by atoms with E-state index < -0.39 is 5.76 Å². The van der Waals surface area contributed by atoms with Crippen LogP contribution in [0.2, 0.25) is 0 Å². The lowest BCUT2D eigenvalue weighted by molar-refractivity contribution is -0.116. The zero-order valence-corrected chi connectivity index (χ0v) is 13.1. The number of benzene rings is 2. The first-order chi connectivity index (χ1) is 11.0. The van der Waals surface area contributed by atoms with Gasteiger partial charge in [-0.1, -0.05) is 24.3 Å². The van der Waals surface area contributed by atoms with Gasteiger partial charge < -0.3 is 9.73 Å². The summed E-state index contributed by atoms with van der Waals surface area (Å²) in [5.41, 5.74) is 4.14. The summed E-state index contributed by atoms with van der Waals surface area (Å²) in [6.07, 6.45) is 0.205. The number of hydrogen-bond acceptors (Lipinski definition) is 3. The number of para-hydroxylation sites is 2. The van der Waals surface area contributed by atoms with Gasteiger partial charge in [-0.3, -0.25) is 9.36 Å². The van der Waals surface area contributed by atoms with Crippen molar-refractivity contribution in [3.63, 3.8) is 0 Å². The van der Waals surface area contributed by atoms with Crippen molar-refractivity contribution in [2.75, 3.05) is 5.32 Å². The van der Waals surface area contributed by atoms with Crippen LogP contribution in [0.25, 0.3) is 11.1 Å². The number of oxazole rings is 1. The van der Waals surface area contributed by atoms with Crippen LogP contribution >= 0.6 is 0 Å². The van der Waals surface area contributed by atoms with Crippen LogP contribution in [0.1, 0.15) is 17.5 Å². The van der Waals surface area contributed by atoms with Crippen molar-refractivity contribution < 1.29 is 9.21 Å². The highest BCUT2D eigenvalue weighted by Crippen LogP contribution is 2.17. The van der Waals surface area contributed by atoms with E-state index in [0.717, 1.165) is 16.8 Å². The molecule has 0 aliphatic carbocycles. The van der Waals surface area contributed by atoms with Crippen LogP contribution in [0.5, 0.6) is 0 Å². The molecule has 3 rings (SSSR count). The third-order valence-electron chi connectivity index (χ3n) is 3.80. The summed E-state index contributed by atoms with van der Waals surface area (Å²) in [5, 5.41) is 2.90. The van der Waals surface area contributed by atoms with Gasteiger partial charge in [-0.05, 0) is 43.2 Å². The number of nitrogens with one attached hydrogen (secondary N) is 1. The summed E-state index contributed by atoms with van der Waals surface area (Å²) in [6.45, 7) is 4.21. The van der Waals surface area contributed by atoms with E-state index in [1.165, 1.54) is 4.57 Å². The lowest BCUT2D eigenvalue weighted by Crippen LogP contribution is -2.20.